The van der Waals surface area contributed by atoms with Gasteiger partial charge in [-0.1, -0.05) is 25.8 Å². The largest absolute Gasteiger partial charge is 0.315 e. The summed E-state index contributed by atoms with van der Waals surface area (Å²) < 4.78 is 0. The molecule has 1 aliphatic rings. The molecule has 3 atom stereocenters. The lowest BCUT2D eigenvalue weighted by atomic mass is 9.70. The van der Waals surface area contributed by atoms with Crippen LogP contribution in [-0.4, -0.2) is 37.6 Å². The van der Waals surface area contributed by atoms with Crippen molar-refractivity contribution in [3.8, 4) is 0 Å². The molecule has 0 aliphatic heterocycles. The lowest BCUT2D eigenvalue weighted by Gasteiger charge is -2.50. The van der Waals surface area contributed by atoms with Crippen LogP contribution in [0.15, 0.2) is 17.5 Å². The summed E-state index contributed by atoms with van der Waals surface area (Å²) in [5, 5.41) is 5.83. The van der Waals surface area contributed by atoms with Gasteiger partial charge >= 0.3 is 0 Å². The van der Waals surface area contributed by atoms with Gasteiger partial charge in [-0.15, -0.1) is 11.3 Å². The fraction of sp³-hybridized carbons (Fsp3) is 0.765. The third-order valence-corrected chi connectivity index (χ3v) is 6.09. The Kier molecular flexibility index (Phi) is 5.65. The minimum absolute atomic E-state index is 0.337. The number of likely N-dealkylation sites (N-methyl/N-ethyl adjacent to an activating group) is 2. The standard InChI is InChI=1S/C17H30N2S/c1-14-7-5-11-17(13-14,19(3)4)16(18-2)10-9-15-8-6-12-20-15/h6,8,12,14,16,18H,5,7,9-11,13H2,1-4H3. The van der Waals surface area contributed by atoms with Crippen LogP contribution in [0, 0.1) is 5.92 Å². The van der Waals surface area contributed by atoms with Crippen molar-refractivity contribution in [1.82, 2.24) is 10.2 Å². The number of hydrogen-bond acceptors (Lipinski definition) is 3. The molecule has 1 aromatic rings. The Morgan fingerprint density at radius 2 is 2.30 bits per heavy atom. The van der Waals surface area contributed by atoms with Crippen molar-refractivity contribution < 1.29 is 0 Å². The maximum absolute atomic E-state index is 3.64. The summed E-state index contributed by atoms with van der Waals surface area (Å²) >= 11 is 1.89. The fourth-order valence-electron chi connectivity index (χ4n) is 4.02. The van der Waals surface area contributed by atoms with Gasteiger partial charge in [-0.05, 0) is 64.2 Å². The monoisotopic (exact) mass is 294 g/mol. The summed E-state index contributed by atoms with van der Waals surface area (Å²) in [5.74, 6) is 0.851. The van der Waals surface area contributed by atoms with E-state index in [1.54, 1.807) is 0 Å². The second-order valence-electron chi connectivity index (χ2n) is 6.66. The molecule has 20 heavy (non-hydrogen) atoms. The van der Waals surface area contributed by atoms with Gasteiger partial charge in [0.25, 0.3) is 0 Å². The van der Waals surface area contributed by atoms with E-state index < -0.39 is 0 Å². The quantitative estimate of drug-likeness (QED) is 0.859. The molecular weight excluding hydrogens is 264 g/mol. The first-order valence-corrected chi connectivity index (χ1v) is 8.83. The van der Waals surface area contributed by atoms with Crippen LogP contribution in [0.4, 0.5) is 0 Å². The van der Waals surface area contributed by atoms with Crippen LogP contribution >= 0.6 is 11.3 Å². The summed E-state index contributed by atoms with van der Waals surface area (Å²) in [6.45, 7) is 2.42. The Balaban J connectivity index is 2.08. The molecule has 2 nitrogen and oxygen atoms in total. The summed E-state index contributed by atoms with van der Waals surface area (Å²) in [7, 11) is 6.69. The minimum Gasteiger partial charge on any atom is -0.315 e. The average Bonchev–Trinajstić information content (AvgIpc) is 2.92. The molecule has 0 saturated heterocycles. The second-order valence-corrected chi connectivity index (χ2v) is 7.69. The van der Waals surface area contributed by atoms with Crippen molar-refractivity contribution in [2.45, 2.75) is 57.0 Å². The zero-order chi connectivity index (χ0) is 14.6. The third kappa shape index (κ3) is 3.44. The molecular formula is C17H30N2S. The lowest BCUT2D eigenvalue weighted by molar-refractivity contribution is 0.0371. The zero-order valence-electron chi connectivity index (χ0n) is 13.5. The molecule has 1 aliphatic carbocycles. The zero-order valence-corrected chi connectivity index (χ0v) is 14.3. The van der Waals surface area contributed by atoms with Gasteiger partial charge in [-0.3, -0.25) is 0 Å². The van der Waals surface area contributed by atoms with Crippen molar-refractivity contribution in [3.63, 3.8) is 0 Å². The van der Waals surface area contributed by atoms with Gasteiger partial charge in [-0.25, -0.2) is 0 Å². The summed E-state index contributed by atoms with van der Waals surface area (Å²) in [5.41, 5.74) is 0.337. The summed E-state index contributed by atoms with van der Waals surface area (Å²) in [6, 6.07) is 5.02. The summed E-state index contributed by atoms with van der Waals surface area (Å²) in [4.78, 5) is 4.01. The minimum atomic E-state index is 0.337. The van der Waals surface area contributed by atoms with Crippen molar-refractivity contribution >= 4 is 11.3 Å². The predicted octanol–water partition coefficient (Wildman–Crippen LogP) is 3.78. The number of thiophene rings is 1. The molecule has 1 aromatic heterocycles. The molecule has 1 fully saturated rings. The van der Waals surface area contributed by atoms with Crippen molar-refractivity contribution in [2.24, 2.45) is 5.92 Å². The van der Waals surface area contributed by atoms with E-state index in [9.17, 15) is 0 Å². The van der Waals surface area contributed by atoms with Gasteiger partial charge in [-0.2, -0.15) is 0 Å². The van der Waals surface area contributed by atoms with Gasteiger partial charge in [0, 0.05) is 16.5 Å². The Hall–Kier alpha value is -0.380. The van der Waals surface area contributed by atoms with Gasteiger partial charge in [0.2, 0.25) is 0 Å². The smallest absolute Gasteiger partial charge is 0.0358 e. The number of hydrogen-bond donors (Lipinski definition) is 1. The molecule has 0 bridgehead atoms. The molecule has 0 spiro atoms. The number of nitrogens with zero attached hydrogens (tertiary/aromatic N) is 1. The highest BCUT2D eigenvalue weighted by Gasteiger charge is 2.42. The first-order chi connectivity index (χ1) is 9.58. The highest BCUT2D eigenvalue weighted by atomic mass is 32.1. The lowest BCUT2D eigenvalue weighted by Crippen LogP contribution is -2.60. The van der Waals surface area contributed by atoms with Crippen LogP contribution in [0.25, 0.3) is 0 Å². The Morgan fingerprint density at radius 3 is 2.85 bits per heavy atom. The van der Waals surface area contributed by atoms with Crippen LogP contribution in [-0.2, 0) is 6.42 Å². The van der Waals surface area contributed by atoms with E-state index in [2.05, 4.69) is 55.8 Å². The van der Waals surface area contributed by atoms with Crippen LogP contribution < -0.4 is 5.32 Å². The van der Waals surface area contributed by atoms with Gasteiger partial charge in [0.1, 0.15) is 0 Å². The summed E-state index contributed by atoms with van der Waals surface area (Å²) in [6.07, 6.45) is 7.87. The van der Waals surface area contributed by atoms with Gasteiger partial charge in [0.15, 0.2) is 0 Å². The molecule has 2 rings (SSSR count). The van der Waals surface area contributed by atoms with Gasteiger partial charge < -0.3 is 10.2 Å². The van der Waals surface area contributed by atoms with Crippen LogP contribution in [0.2, 0.25) is 0 Å². The Labute approximate surface area is 128 Å². The molecule has 1 saturated carbocycles. The van der Waals surface area contributed by atoms with Crippen molar-refractivity contribution in [3.05, 3.63) is 22.4 Å². The Bertz CT molecular complexity index is 388. The van der Waals surface area contributed by atoms with E-state index in [0.717, 1.165) is 5.92 Å². The number of nitrogens with one attached hydrogen (secondary N) is 1. The van der Waals surface area contributed by atoms with E-state index in [4.69, 9.17) is 0 Å². The normalized spacial score (nSPS) is 28.8. The SMILES string of the molecule is CNC(CCc1cccs1)C1(N(C)C)CCCC(C)C1. The molecule has 0 amide bonds. The highest BCUT2D eigenvalue weighted by molar-refractivity contribution is 7.09. The van der Waals surface area contributed by atoms with E-state index in [-0.39, 0.29) is 0 Å². The molecule has 0 aromatic carbocycles. The maximum Gasteiger partial charge on any atom is 0.0358 e. The van der Waals surface area contributed by atoms with Crippen LogP contribution in [0.5, 0.6) is 0 Å². The maximum atomic E-state index is 3.64. The Morgan fingerprint density at radius 1 is 1.50 bits per heavy atom. The first kappa shape index (κ1) is 16.0. The molecule has 0 radical (unpaired) electrons. The molecule has 1 heterocycles. The topological polar surface area (TPSA) is 15.3 Å². The number of rotatable bonds is 6. The number of aryl methyl sites for hydroxylation is 1. The van der Waals surface area contributed by atoms with E-state index in [1.807, 2.05) is 11.3 Å². The second kappa shape index (κ2) is 7.06. The van der Waals surface area contributed by atoms with Crippen molar-refractivity contribution in [1.29, 1.82) is 0 Å². The third-order valence-electron chi connectivity index (χ3n) is 5.16. The van der Waals surface area contributed by atoms with Crippen molar-refractivity contribution in [2.75, 3.05) is 21.1 Å². The first-order valence-electron chi connectivity index (χ1n) is 7.95. The van der Waals surface area contributed by atoms with Gasteiger partial charge in [0.05, 0.1) is 0 Å². The van der Waals surface area contributed by atoms with E-state index >= 15 is 0 Å². The molecule has 114 valence electrons. The fourth-order valence-corrected chi connectivity index (χ4v) is 4.75. The van der Waals surface area contributed by atoms with E-state index in [1.165, 1.54) is 43.4 Å². The average molecular weight is 295 g/mol. The molecule has 3 unspecified atom stereocenters. The molecule has 3 heteroatoms. The van der Waals surface area contributed by atoms with Crippen LogP contribution in [0.3, 0.4) is 0 Å². The molecule has 1 N–H and O–H groups in total. The highest BCUT2D eigenvalue weighted by Crippen LogP contribution is 2.39. The van der Waals surface area contributed by atoms with E-state index in [0.29, 0.717) is 11.6 Å². The predicted molar refractivity (Wildman–Crippen MR) is 89.5 cm³/mol. The van der Waals surface area contributed by atoms with Crippen LogP contribution in [0.1, 0.15) is 43.9 Å².